The van der Waals surface area contributed by atoms with E-state index in [1.807, 2.05) is 53.0 Å². The number of piperidine rings is 1. The topological polar surface area (TPSA) is 55.6 Å². The first-order valence-electron chi connectivity index (χ1n) is 11.5. The van der Waals surface area contributed by atoms with Gasteiger partial charge in [-0.15, -0.1) is 10.2 Å². The van der Waals surface area contributed by atoms with Crippen LogP contribution in [-0.2, 0) is 0 Å². The predicted octanol–water partition coefficient (Wildman–Crippen LogP) is 5.02. The SMILES string of the molecule is Cc1cc2nnc(-c3ccccc3)n2nc1-c1ccc(OCCCN2CCCCC2)cc1. The molecule has 0 bridgehead atoms. The highest BCUT2D eigenvalue weighted by atomic mass is 16.5. The number of benzene rings is 2. The van der Waals surface area contributed by atoms with E-state index in [1.165, 1.54) is 32.4 Å². The molecule has 0 atom stereocenters. The Labute approximate surface area is 188 Å². The lowest BCUT2D eigenvalue weighted by molar-refractivity contribution is 0.205. The normalized spacial score (nSPS) is 14.7. The summed E-state index contributed by atoms with van der Waals surface area (Å²) in [6, 6.07) is 20.3. The van der Waals surface area contributed by atoms with Crippen LogP contribution in [0.4, 0.5) is 0 Å². The molecule has 1 saturated heterocycles. The number of rotatable bonds is 7. The van der Waals surface area contributed by atoms with Crippen molar-refractivity contribution in [2.45, 2.75) is 32.6 Å². The highest BCUT2D eigenvalue weighted by Gasteiger charge is 2.13. The largest absolute Gasteiger partial charge is 0.494 e. The molecule has 4 aromatic rings. The molecule has 0 aliphatic carbocycles. The van der Waals surface area contributed by atoms with E-state index in [0.717, 1.165) is 59.2 Å². The Balaban J connectivity index is 1.29. The van der Waals surface area contributed by atoms with Crippen molar-refractivity contribution >= 4 is 5.65 Å². The minimum absolute atomic E-state index is 0.746. The van der Waals surface area contributed by atoms with Crippen LogP contribution in [0.1, 0.15) is 31.2 Å². The van der Waals surface area contributed by atoms with Crippen molar-refractivity contribution < 1.29 is 4.74 Å². The quantitative estimate of drug-likeness (QED) is 0.388. The van der Waals surface area contributed by atoms with Gasteiger partial charge in [0.1, 0.15) is 5.75 Å². The fourth-order valence-corrected chi connectivity index (χ4v) is 4.34. The molecule has 5 rings (SSSR count). The number of aromatic nitrogens is 4. The number of ether oxygens (including phenoxy) is 1. The first-order chi connectivity index (χ1) is 15.8. The number of likely N-dealkylation sites (tertiary alicyclic amines) is 1. The summed E-state index contributed by atoms with van der Waals surface area (Å²) >= 11 is 0. The molecule has 6 heteroatoms. The molecule has 0 unspecified atom stereocenters. The molecular formula is C26H29N5O. The van der Waals surface area contributed by atoms with Crippen molar-refractivity contribution in [1.29, 1.82) is 0 Å². The van der Waals surface area contributed by atoms with Gasteiger partial charge in [0.25, 0.3) is 0 Å². The number of hydrogen-bond donors (Lipinski definition) is 0. The van der Waals surface area contributed by atoms with Crippen molar-refractivity contribution in [3.05, 3.63) is 66.2 Å². The molecule has 1 aliphatic rings. The maximum Gasteiger partial charge on any atom is 0.185 e. The smallest absolute Gasteiger partial charge is 0.185 e. The Hall–Kier alpha value is -3.25. The van der Waals surface area contributed by atoms with Crippen LogP contribution >= 0.6 is 0 Å². The van der Waals surface area contributed by atoms with Gasteiger partial charge in [-0.3, -0.25) is 0 Å². The standard InChI is InChI=1S/C26H29N5O/c1-20-19-24-27-28-26(22-9-4-2-5-10-22)31(24)29-25(20)21-11-13-23(14-12-21)32-18-8-17-30-15-6-3-7-16-30/h2,4-5,9-14,19H,3,6-8,15-18H2,1H3. The lowest BCUT2D eigenvalue weighted by atomic mass is 10.1. The van der Waals surface area contributed by atoms with Gasteiger partial charge in [0, 0.05) is 17.7 Å². The van der Waals surface area contributed by atoms with E-state index in [2.05, 4.69) is 34.2 Å². The molecule has 2 aromatic carbocycles. The van der Waals surface area contributed by atoms with E-state index in [1.54, 1.807) is 0 Å². The zero-order valence-electron chi connectivity index (χ0n) is 18.6. The second-order valence-corrected chi connectivity index (χ2v) is 8.46. The summed E-state index contributed by atoms with van der Waals surface area (Å²) in [5.41, 5.74) is 4.79. The molecule has 0 amide bonds. The van der Waals surface area contributed by atoms with Crippen LogP contribution in [0.3, 0.4) is 0 Å². The van der Waals surface area contributed by atoms with Gasteiger partial charge in [-0.25, -0.2) is 0 Å². The van der Waals surface area contributed by atoms with Crippen LogP contribution in [0.2, 0.25) is 0 Å². The van der Waals surface area contributed by atoms with Crippen LogP contribution < -0.4 is 4.74 Å². The lowest BCUT2D eigenvalue weighted by Gasteiger charge is -2.26. The Morgan fingerprint density at radius 2 is 1.66 bits per heavy atom. The molecule has 32 heavy (non-hydrogen) atoms. The van der Waals surface area contributed by atoms with E-state index in [-0.39, 0.29) is 0 Å². The third-order valence-electron chi connectivity index (χ3n) is 6.08. The first-order valence-corrected chi connectivity index (χ1v) is 11.5. The molecule has 3 heterocycles. The Bertz CT molecular complexity index is 1160. The number of nitrogens with zero attached hydrogens (tertiary/aromatic N) is 5. The second kappa shape index (κ2) is 9.49. The monoisotopic (exact) mass is 427 g/mol. The molecule has 1 fully saturated rings. The highest BCUT2D eigenvalue weighted by molar-refractivity contribution is 5.67. The maximum absolute atomic E-state index is 5.98. The third kappa shape index (κ3) is 4.50. The summed E-state index contributed by atoms with van der Waals surface area (Å²) < 4.78 is 7.80. The van der Waals surface area contributed by atoms with E-state index < -0.39 is 0 Å². The van der Waals surface area contributed by atoms with Crippen LogP contribution in [0.5, 0.6) is 5.75 Å². The van der Waals surface area contributed by atoms with Gasteiger partial charge in [0.2, 0.25) is 0 Å². The fourth-order valence-electron chi connectivity index (χ4n) is 4.34. The van der Waals surface area contributed by atoms with Gasteiger partial charge in [0.15, 0.2) is 11.5 Å². The predicted molar refractivity (Wildman–Crippen MR) is 127 cm³/mol. The summed E-state index contributed by atoms with van der Waals surface area (Å²) in [5.74, 6) is 1.65. The molecule has 1 aliphatic heterocycles. The van der Waals surface area contributed by atoms with E-state index in [4.69, 9.17) is 9.84 Å². The molecule has 0 N–H and O–H groups in total. The summed E-state index contributed by atoms with van der Waals surface area (Å²) in [5, 5.41) is 13.5. The zero-order valence-corrected chi connectivity index (χ0v) is 18.6. The average Bonchev–Trinajstić information content (AvgIpc) is 3.25. The van der Waals surface area contributed by atoms with Crippen LogP contribution in [0.15, 0.2) is 60.7 Å². The van der Waals surface area contributed by atoms with Gasteiger partial charge in [-0.05, 0) is 75.2 Å². The van der Waals surface area contributed by atoms with Crippen molar-refractivity contribution in [2.24, 2.45) is 0 Å². The first kappa shape index (κ1) is 20.6. The molecule has 0 saturated carbocycles. The molecule has 164 valence electrons. The Morgan fingerprint density at radius 1 is 0.875 bits per heavy atom. The van der Waals surface area contributed by atoms with Crippen molar-refractivity contribution in [3.63, 3.8) is 0 Å². The Morgan fingerprint density at radius 3 is 2.44 bits per heavy atom. The average molecular weight is 428 g/mol. The minimum Gasteiger partial charge on any atom is -0.494 e. The van der Waals surface area contributed by atoms with Crippen molar-refractivity contribution in [2.75, 3.05) is 26.2 Å². The molecule has 2 aromatic heterocycles. The number of aryl methyl sites for hydroxylation is 1. The summed E-state index contributed by atoms with van der Waals surface area (Å²) in [7, 11) is 0. The molecule has 0 spiro atoms. The van der Waals surface area contributed by atoms with Crippen molar-refractivity contribution in [3.8, 4) is 28.4 Å². The van der Waals surface area contributed by atoms with Gasteiger partial charge in [-0.1, -0.05) is 36.8 Å². The van der Waals surface area contributed by atoms with Crippen LogP contribution in [0.25, 0.3) is 28.3 Å². The summed E-state index contributed by atoms with van der Waals surface area (Å²) in [4.78, 5) is 2.55. The fraction of sp³-hybridized carbons (Fsp3) is 0.346. The van der Waals surface area contributed by atoms with Crippen LogP contribution in [0, 0.1) is 6.92 Å². The van der Waals surface area contributed by atoms with Crippen molar-refractivity contribution in [1.82, 2.24) is 24.7 Å². The number of fused-ring (bicyclic) bond motifs is 1. The van der Waals surface area contributed by atoms with E-state index in [9.17, 15) is 0 Å². The lowest BCUT2D eigenvalue weighted by Crippen LogP contribution is -2.31. The maximum atomic E-state index is 5.98. The molecule has 0 radical (unpaired) electrons. The highest BCUT2D eigenvalue weighted by Crippen LogP contribution is 2.26. The van der Waals surface area contributed by atoms with Gasteiger partial charge in [0.05, 0.1) is 12.3 Å². The summed E-state index contributed by atoms with van der Waals surface area (Å²) in [6.07, 6.45) is 5.12. The van der Waals surface area contributed by atoms with Gasteiger partial charge < -0.3 is 9.64 Å². The third-order valence-corrected chi connectivity index (χ3v) is 6.08. The molecular weight excluding hydrogens is 398 g/mol. The van der Waals surface area contributed by atoms with Gasteiger partial charge >= 0.3 is 0 Å². The Kier molecular flexibility index (Phi) is 6.12. The zero-order chi connectivity index (χ0) is 21.8. The van der Waals surface area contributed by atoms with Crippen LogP contribution in [-0.4, -0.2) is 51.0 Å². The molecule has 6 nitrogen and oxygen atoms in total. The van der Waals surface area contributed by atoms with E-state index >= 15 is 0 Å². The van der Waals surface area contributed by atoms with E-state index in [0.29, 0.717) is 0 Å². The number of hydrogen-bond acceptors (Lipinski definition) is 5. The summed E-state index contributed by atoms with van der Waals surface area (Å²) in [6.45, 7) is 6.42. The second-order valence-electron chi connectivity index (χ2n) is 8.46. The van der Waals surface area contributed by atoms with Gasteiger partial charge in [-0.2, -0.15) is 9.61 Å². The minimum atomic E-state index is 0.746.